The highest BCUT2D eigenvalue weighted by atomic mass is 16.5. The van der Waals surface area contributed by atoms with E-state index in [9.17, 15) is 4.79 Å². The highest BCUT2D eigenvalue weighted by Gasteiger charge is 2.16. The van der Waals surface area contributed by atoms with Gasteiger partial charge in [0.2, 0.25) is 5.91 Å². The molecule has 6 heteroatoms. The van der Waals surface area contributed by atoms with Gasteiger partial charge in [-0.2, -0.15) is 0 Å². The number of hydrogen-bond donors (Lipinski definition) is 1. The third-order valence-electron chi connectivity index (χ3n) is 5.42. The van der Waals surface area contributed by atoms with E-state index in [0.29, 0.717) is 18.0 Å². The van der Waals surface area contributed by atoms with Crippen LogP contribution in [-0.4, -0.2) is 68.2 Å². The van der Waals surface area contributed by atoms with Gasteiger partial charge in [0.15, 0.2) is 11.5 Å². The van der Waals surface area contributed by atoms with Gasteiger partial charge in [0.25, 0.3) is 0 Å². The third-order valence-corrected chi connectivity index (χ3v) is 5.42. The molecule has 1 amide bonds. The highest BCUT2D eigenvalue weighted by molar-refractivity contribution is 5.91. The fourth-order valence-electron chi connectivity index (χ4n) is 3.72. The SMILES string of the molecule is COc1cc(/C=C/C(=O)NCCN2CCN(Cc3ccccc3)CC2)ccc1OC(C)C. The van der Waals surface area contributed by atoms with Crippen molar-refractivity contribution in [1.29, 1.82) is 0 Å². The van der Waals surface area contributed by atoms with Crippen LogP contribution in [0, 0.1) is 0 Å². The van der Waals surface area contributed by atoms with Crippen molar-refractivity contribution in [2.75, 3.05) is 46.4 Å². The molecule has 2 aromatic carbocycles. The summed E-state index contributed by atoms with van der Waals surface area (Å²) >= 11 is 0. The van der Waals surface area contributed by atoms with Crippen molar-refractivity contribution in [3.8, 4) is 11.5 Å². The molecule has 0 aliphatic carbocycles. The van der Waals surface area contributed by atoms with Crippen LogP contribution in [-0.2, 0) is 11.3 Å². The van der Waals surface area contributed by atoms with Crippen LogP contribution in [0.15, 0.2) is 54.6 Å². The smallest absolute Gasteiger partial charge is 0.244 e. The zero-order valence-corrected chi connectivity index (χ0v) is 19.4. The topological polar surface area (TPSA) is 54.0 Å². The molecule has 0 saturated carbocycles. The first-order valence-corrected chi connectivity index (χ1v) is 11.3. The molecule has 32 heavy (non-hydrogen) atoms. The molecule has 3 rings (SSSR count). The van der Waals surface area contributed by atoms with Gasteiger partial charge in [0.05, 0.1) is 13.2 Å². The van der Waals surface area contributed by atoms with Crippen molar-refractivity contribution in [2.45, 2.75) is 26.5 Å². The van der Waals surface area contributed by atoms with Crippen molar-refractivity contribution in [1.82, 2.24) is 15.1 Å². The number of methoxy groups -OCH3 is 1. The molecule has 6 nitrogen and oxygen atoms in total. The Balaban J connectivity index is 1.37. The van der Waals surface area contributed by atoms with Gasteiger partial charge in [0, 0.05) is 51.9 Å². The summed E-state index contributed by atoms with van der Waals surface area (Å²) in [4.78, 5) is 17.1. The van der Waals surface area contributed by atoms with Crippen molar-refractivity contribution < 1.29 is 14.3 Å². The van der Waals surface area contributed by atoms with Crippen LogP contribution >= 0.6 is 0 Å². The lowest BCUT2D eigenvalue weighted by Gasteiger charge is -2.34. The van der Waals surface area contributed by atoms with E-state index in [4.69, 9.17) is 9.47 Å². The van der Waals surface area contributed by atoms with Crippen LogP contribution in [0.2, 0.25) is 0 Å². The molecular weight excluding hydrogens is 402 g/mol. The Morgan fingerprint density at radius 3 is 2.44 bits per heavy atom. The number of rotatable bonds is 10. The summed E-state index contributed by atoms with van der Waals surface area (Å²) in [7, 11) is 1.62. The lowest BCUT2D eigenvalue weighted by atomic mass is 10.2. The number of nitrogens with one attached hydrogen (secondary N) is 1. The minimum absolute atomic E-state index is 0.0721. The first kappa shape index (κ1) is 23.8. The summed E-state index contributed by atoms with van der Waals surface area (Å²) in [6.45, 7) is 10.6. The minimum atomic E-state index is -0.0887. The fraction of sp³-hybridized carbons (Fsp3) is 0.423. The average molecular weight is 438 g/mol. The van der Waals surface area contributed by atoms with E-state index in [1.165, 1.54) is 5.56 Å². The first-order valence-electron chi connectivity index (χ1n) is 11.3. The lowest BCUT2D eigenvalue weighted by molar-refractivity contribution is -0.116. The van der Waals surface area contributed by atoms with Crippen LogP contribution in [0.3, 0.4) is 0 Å². The monoisotopic (exact) mass is 437 g/mol. The summed E-state index contributed by atoms with van der Waals surface area (Å²) in [5.74, 6) is 1.27. The summed E-state index contributed by atoms with van der Waals surface area (Å²) < 4.78 is 11.1. The van der Waals surface area contributed by atoms with E-state index in [0.717, 1.165) is 44.8 Å². The predicted octanol–water partition coefficient (Wildman–Crippen LogP) is 3.43. The number of amides is 1. The number of ether oxygens (including phenoxy) is 2. The molecule has 1 fully saturated rings. The molecule has 1 aliphatic rings. The molecule has 0 atom stereocenters. The maximum Gasteiger partial charge on any atom is 0.244 e. The summed E-state index contributed by atoms with van der Waals surface area (Å²) in [5.41, 5.74) is 2.25. The Bertz CT molecular complexity index is 875. The predicted molar refractivity (Wildman–Crippen MR) is 129 cm³/mol. The third kappa shape index (κ3) is 7.70. The van der Waals surface area contributed by atoms with Gasteiger partial charge < -0.3 is 14.8 Å². The van der Waals surface area contributed by atoms with Gasteiger partial charge in [-0.05, 0) is 43.2 Å². The number of piperazine rings is 1. The van der Waals surface area contributed by atoms with Crippen LogP contribution in [0.5, 0.6) is 11.5 Å². The number of hydrogen-bond acceptors (Lipinski definition) is 5. The maximum atomic E-state index is 12.2. The van der Waals surface area contributed by atoms with E-state index in [2.05, 4.69) is 45.4 Å². The number of benzene rings is 2. The quantitative estimate of drug-likeness (QED) is 0.577. The van der Waals surface area contributed by atoms with Gasteiger partial charge >= 0.3 is 0 Å². The Morgan fingerprint density at radius 1 is 1.03 bits per heavy atom. The van der Waals surface area contributed by atoms with Crippen LogP contribution in [0.25, 0.3) is 6.08 Å². The Morgan fingerprint density at radius 2 is 1.75 bits per heavy atom. The number of carbonyl (C=O) groups is 1. The normalized spacial score (nSPS) is 15.2. The van der Waals surface area contributed by atoms with Crippen LogP contribution in [0.1, 0.15) is 25.0 Å². The van der Waals surface area contributed by atoms with Crippen LogP contribution in [0.4, 0.5) is 0 Å². The minimum Gasteiger partial charge on any atom is -0.493 e. The second-order valence-electron chi connectivity index (χ2n) is 8.30. The van der Waals surface area contributed by atoms with E-state index in [1.807, 2.05) is 32.0 Å². The molecule has 0 unspecified atom stereocenters. The van der Waals surface area contributed by atoms with E-state index < -0.39 is 0 Å². The lowest BCUT2D eigenvalue weighted by Crippen LogP contribution is -2.47. The Labute approximate surface area is 191 Å². The molecule has 1 N–H and O–H groups in total. The van der Waals surface area contributed by atoms with E-state index in [-0.39, 0.29) is 12.0 Å². The van der Waals surface area contributed by atoms with Gasteiger partial charge in [0.1, 0.15) is 0 Å². The molecule has 0 bridgehead atoms. The van der Waals surface area contributed by atoms with Gasteiger partial charge in [-0.3, -0.25) is 14.6 Å². The Kier molecular flexibility index (Phi) is 9.13. The zero-order chi connectivity index (χ0) is 22.8. The molecule has 0 radical (unpaired) electrons. The molecule has 1 heterocycles. The highest BCUT2D eigenvalue weighted by Crippen LogP contribution is 2.29. The van der Waals surface area contributed by atoms with Gasteiger partial charge in [-0.15, -0.1) is 0 Å². The molecule has 2 aromatic rings. The zero-order valence-electron chi connectivity index (χ0n) is 19.4. The fourth-order valence-corrected chi connectivity index (χ4v) is 3.72. The summed E-state index contributed by atoms with van der Waals surface area (Å²) in [6.07, 6.45) is 3.43. The van der Waals surface area contributed by atoms with Crippen molar-refractivity contribution in [3.05, 3.63) is 65.7 Å². The van der Waals surface area contributed by atoms with Crippen molar-refractivity contribution in [3.63, 3.8) is 0 Å². The molecular formula is C26H35N3O3. The summed E-state index contributed by atoms with van der Waals surface area (Å²) in [6, 6.07) is 16.3. The van der Waals surface area contributed by atoms with Crippen molar-refractivity contribution >= 4 is 12.0 Å². The van der Waals surface area contributed by atoms with Crippen molar-refractivity contribution in [2.24, 2.45) is 0 Å². The Hall–Kier alpha value is -2.83. The molecule has 1 aliphatic heterocycles. The number of carbonyl (C=O) groups excluding carboxylic acids is 1. The average Bonchev–Trinajstić information content (AvgIpc) is 2.80. The van der Waals surface area contributed by atoms with E-state index in [1.54, 1.807) is 19.3 Å². The largest absolute Gasteiger partial charge is 0.493 e. The van der Waals surface area contributed by atoms with Crippen LogP contribution < -0.4 is 14.8 Å². The second-order valence-corrected chi connectivity index (χ2v) is 8.30. The maximum absolute atomic E-state index is 12.2. The second kappa shape index (κ2) is 12.3. The first-order chi connectivity index (χ1) is 15.5. The standard InChI is InChI=1S/C26H35N3O3/c1-21(2)32-24-11-9-22(19-25(24)31-3)10-12-26(30)27-13-14-28-15-17-29(18-16-28)20-23-7-5-4-6-8-23/h4-12,19,21H,13-18,20H2,1-3H3,(H,27,30)/b12-10+. The molecule has 172 valence electrons. The molecule has 1 saturated heterocycles. The van der Waals surface area contributed by atoms with Gasteiger partial charge in [-0.25, -0.2) is 0 Å². The summed E-state index contributed by atoms with van der Waals surface area (Å²) in [5, 5.41) is 2.98. The van der Waals surface area contributed by atoms with Gasteiger partial charge in [-0.1, -0.05) is 36.4 Å². The molecule has 0 aromatic heterocycles. The molecule has 0 spiro atoms. The number of nitrogens with zero attached hydrogens (tertiary/aromatic N) is 2. The van der Waals surface area contributed by atoms with E-state index >= 15 is 0 Å².